The third-order valence-corrected chi connectivity index (χ3v) is 4.25. The van der Waals surface area contributed by atoms with Gasteiger partial charge in [0.1, 0.15) is 12.4 Å². The molecule has 2 aromatic heterocycles. The highest BCUT2D eigenvalue weighted by Gasteiger charge is 2.32. The van der Waals surface area contributed by atoms with Gasteiger partial charge in [-0.15, -0.1) is 0 Å². The van der Waals surface area contributed by atoms with E-state index >= 15 is 0 Å². The molecule has 7 heteroatoms. The summed E-state index contributed by atoms with van der Waals surface area (Å²) in [6.45, 7) is 2.93. The first kappa shape index (κ1) is 14.8. The second kappa shape index (κ2) is 6.01. The molecule has 0 radical (unpaired) electrons. The molecule has 1 saturated heterocycles. The second-order valence-corrected chi connectivity index (χ2v) is 5.84. The number of hydrogen-bond donors (Lipinski definition) is 0. The molecule has 1 aliphatic rings. The molecule has 4 rings (SSSR count). The fourth-order valence-electron chi connectivity index (χ4n) is 2.97. The topological polar surface area (TPSA) is 72.6 Å². The van der Waals surface area contributed by atoms with Gasteiger partial charge < -0.3 is 9.64 Å². The molecule has 122 valence electrons. The van der Waals surface area contributed by atoms with E-state index in [1.165, 1.54) is 6.33 Å². The molecule has 0 aliphatic carbocycles. The lowest BCUT2D eigenvalue weighted by atomic mass is 10.1. The number of rotatable bonds is 2. The van der Waals surface area contributed by atoms with Crippen molar-refractivity contribution in [2.45, 2.75) is 19.1 Å². The highest BCUT2D eigenvalue weighted by molar-refractivity contribution is 5.94. The first-order valence-corrected chi connectivity index (χ1v) is 7.86. The van der Waals surface area contributed by atoms with Crippen molar-refractivity contribution in [1.29, 1.82) is 0 Å². The van der Waals surface area contributed by atoms with Gasteiger partial charge >= 0.3 is 0 Å². The van der Waals surface area contributed by atoms with E-state index in [-0.39, 0.29) is 18.1 Å². The molecule has 2 atom stereocenters. The Morgan fingerprint density at radius 2 is 2.04 bits per heavy atom. The van der Waals surface area contributed by atoms with Crippen LogP contribution in [0.2, 0.25) is 0 Å². The molecule has 1 aromatic carbocycles. The lowest BCUT2D eigenvalue weighted by Crippen LogP contribution is -2.48. The third kappa shape index (κ3) is 2.52. The van der Waals surface area contributed by atoms with Gasteiger partial charge in [0.15, 0.2) is 0 Å². The highest BCUT2D eigenvalue weighted by Crippen LogP contribution is 2.25. The molecule has 24 heavy (non-hydrogen) atoms. The number of carbonyl (C=O) groups is 1. The van der Waals surface area contributed by atoms with Gasteiger partial charge in [-0.05, 0) is 25.1 Å². The lowest BCUT2D eigenvalue weighted by Gasteiger charge is -2.38. The Labute approximate surface area is 138 Å². The standard InChI is InChI=1S/C17H17N5O2/c1-12-10-24-15(14-7-8-18-17-19-11-20-22(14)17)9-21(12)16(23)13-5-3-2-4-6-13/h2-8,11-12,15H,9-10H2,1H3. The summed E-state index contributed by atoms with van der Waals surface area (Å²) in [6.07, 6.45) is 2.88. The zero-order valence-corrected chi connectivity index (χ0v) is 13.2. The van der Waals surface area contributed by atoms with Crippen molar-refractivity contribution >= 4 is 11.7 Å². The van der Waals surface area contributed by atoms with E-state index in [9.17, 15) is 4.79 Å². The molecule has 0 bridgehead atoms. The van der Waals surface area contributed by atoms with Gasteiger partial charge in [-0.2, -0.15) is 14.6 Å². The summed E-state index contributed by atoms with van der Waals surface area (Å²) in [7, 11) is 0. The number of benzene rings is 1. The molecule has 3 heterocycles. The fourth-order valence-corrected chi connectivity index (χ4v) is 2.97. The average molecular weight is 323 g/mol. The van der Waals surface area contributed by atoms with Crippen LogP contribution >= 0.6 is 0 Å². The maximum atomic E-state index is 12.8. The molecular formula is C17H17N5O2. The minimum absolute atomic E-state index is 0.0142. The van der Waals surface area contributed by atoms with Gasteiger partial charge in [0.2, 0.25) is 0 Å². The van der Waals surface area contributed by atoms with Crippen LogP contribution in [0.5, 0.6) is 0 Å². The Morgan fingerprint density at radius 3 is 2.88 bits per heavy atom. The SMILES string of the molecule is CC1COC(c2ccnc3ncnn23)CN1C(=O)c1ccccc1. The predicted octanol–water partition coefficient (Wildman–Crippen LogP) is 1.73. The van der Waals surface area contributed by atoms with E-state index in [0.717, 1.165) is 5.69 Å². The van der Waals surface area contributed by atoms with Crippen LogP contribution in [0.25, 0.3) is 5.78 Å². The van der Waals surface area contributed by atoms with Crippen LogP contribution in [-0.4, -0.2) is 49.6 Å². The number of fused-ring (bicyclic) bond motifs is 1. The van der Waals surface area contributed by atoms with Crippen LogP contribution in [-0.2, 0) is 4.74 Å². The normalized spacial score (nSPS) is 21.1. The molecule has 1 fully saturated rings. The summed E-state index contributed by atoms with van der Waals surface area (Å²) >= 11 is 0. The van der Waals surface area contributed by atoms with Gasteiger partial charge in [0.25, 0.3) is 11.7 Å². The van der Waals surface area contributed by atoms with Crippen LogP contribution in [0.1, 0.15) is 29.1 Å². The number of morpholine rings is 1. The quantitative estimate of drug-likeness (QED) is 0.718. The molecule has 0 spiro atoms. The number of aromatic nitrogens is 4. The zero-order valence-electron chi connectivity index (χ0n) is 13.2. The minimum Gasteiger partial charge on any atom is -0.368 e. The summed E-state index contributed by atoms with van der Waals surface area (Å²) in [5.41, 5.74) is 1.53. The molecule has 0 saturated carbocycles. The van der Waals surface area contributed by atoms with E-state index in [4.69, 9.17) is 4.74 Å². The van der Waals surface area contributed by atoms with E-state index in [0.29, 0.717) is 24.5 Å². The monoisotopic (exact) mass is 323 g/mol. The van der Waals surface area contributed by atoms with Crippen molar-refractivity contribution in [2.75, 3.05) is 13.2 Å². The first-order chi connectivity index (χ1) is 11.7. The Kier molecular flexibility index (Phi) is 3.70. The first-order valence-electron chi connectivity index (χ1n) is 7.86. The second-order valence-electron chi connectivity index (χ2n) is 5.84. The molecule has 1 aliphatic heterocycles. The number of nitrogens with zero attached hydrogens (tertiary/aromatic N) is 5. The lowest BCUT2D eigenvalue weighted by molar-refractivity contribution is -0.0512. The molecule has 1 amide bonds. The van der Waals surface area contributed by atoms with Crippen LogP contribution in [0.3, 0.4) is 0 Å². The Bertz CT molecular complexity index is 864. The average Bonchev–Trinajstić information content (AvgIpc) is 3.11. The maximum Gasteiger partial charge on any atom is 0.254 e. The number of carbonyl (C=O) groups excluding carboxylic acids is 1. The van der Waals surface area contributed by atoms with Crippen molar-refractivity contribution < 1.29 is 9.53 Å². The summed E-state index contributed by atoms with van der Waals surface area (Å²) in [6, 6.07) is 11.2. The van der Waals surface area contributed by atoms with Crippen molar-refractivity contribution in [3.63, 3.8) is 0 Å². The molecular weight excluding hydrogens is 306 g/mol. The van der Waals surface area contributed by atoms with Gasteiger partial charge in [0.05, 0.1) is 24.9 Å². The van der Waals surface area contributed by atoms with Crippen molar-refractivity contribution in [3.8, 4) is 0 Å². The summed E-state index contributed by atoms with van der Waals surface area (Å²) < 4.78 is 7.62. The predicted molar refractivity (Wildman–Crippen MR) is 86.4 cm³/mol. The van der Waals surface area contributed by atoms with Gasteiger partial charge in [-0.3, -0.25) is 4.79 Å². The van der Waals surface area contributed by atoms with Crippen molar-refractivity contribution in [2.24, 2.45) is 0 Å². The molecule has 3 aromatic rings. The smallest absolute Gasteiger partial charge is 0.254 e. The third-order valence-electron chi connectivity index (χ3n) is 4.25. The number of hydrogen-bond acceptors (Lipinski definition) is 5. The van der Waals surface area contributed by atoms with E-state index in [2.05, 4.69) is 15.1 Å². The van der Waals surface area contributed by atoms with Crippen LogP contribution in [0.15, 0.2) is 48.9 Å². The molecule has 0 N–H and O–H groups in total. The van der Waals surface area contributed by atoms with Crippen molar-refractivity contribution in [1.82, 2.24) is 24.5 Å². The van der Waals surface area contributed by atoms with Crippen LogP contribution < -0.4 is 0 Å². The Hall–Kier alpha value is -2.80. The number of ether oxygens (including phenoxy) is 1. The fraction of sp³-hybridized carbons (Fsp3) is 0.294. The zero-order chi connectivity index (χ0) is 16.5. The van der Waals surface area contributed by atoms with Crippen LogP contribution in [0, 0.1) is 0 Å². The minimum atomic E-state index is -0.263. The van der Waals surface area contributed by atoms with Crippen molar-refractivity contribution in [3.05, 3.63) is 60.2 Å². The van der Waals surface area contributed by atoms with Gasteiger partial charge in [-0.25, -0.2) is 4.98 Å². The van der Waals surface area contributed by atoms with E-state index < -0.39 is 0 Å². The highest BCUT2D eigenvalue weighted by atomic mass is 16.5. The summed E-state index contributed by atoms with van der Waals surface area (Å²) in [4.78, 5) is 22.9. The van der Waals surface area contributed by atoms with Gasteiger partial charge in [-0.1, -0.05) is 18.2 Å². The largest absolute Gasteiger partial charge is 0.368 e. The Morgan fingerprint density at radius 1 is 1.21 bits per heavy atom. The summed E-state index contributed by atoms with van der Waals surface area (Å²) in [5, 5.41) is 4.20. The number of amides is 1. The van der Waals surface area contributed by atoms with Gasteiger partial charge in [0, 0.05) is 11.8 Å². The molecule has 7 nitrogen and oxygen atoms in total. The maximum absolute atomic E-state index is 12.8. The van der Waals surface area contributed by atoms with E-state index in [1.807, 2.05) is 48.2 Å². The Balaban J connectivity index is 1.63. The van der Waals surface area contributed by atoms with E-state index in [1.54, 1.807) is 10.7 Å². The summed E-state index contributed by atoms with van der Waals surface area (Å²) in [5.74, 6) is 0.538. The molecule has 2 unspecified atom stereocenters. The van der Waals surface area contributed by atoms with Crippen LogP contribution in [0.4, 0.5) is 0 Å².